The van der Waals surface area contributed by atoms with Crippen LogP contribution in [0.2, 0.25) is 0 Å². The zero-order valence-electron chi connectivity index (χ0n) is 15.3. The summed E-state index contributed by atoms with van der Waals surface area (Å²) in [6.45, 7) is 0.446. The molecule has 3 rings (SSSR count). The van der Waals surface area contributed by atoms with Crippen LogP contribution >= 0.6 is 0 Å². The van der Waals surface area contributed by atoms with Crippen molar-refractivity contribution in [3.63, 3.8) is 0 Å². The van der Waals surface area contributed by atoms with Crippen LogP contribution in [-0.4, -0.2) is 35.0 Å². The smallest absolute Gasteiger partial charge is 0.326 e. The van der Waals surface area contributed by atoms with Crippen LogP contribution in [0.5, 0.6) is 5.75 Å². The minimum atomic E-state index is -1.12. The Hall–Kier alpha value is -3.35. The highest BCUT2D eigenvalue weighted by Crippen LogP contribution is 2.16. The Bertz CT molecular complexity index is 836. The first kappa shape index (κ1) is 19.4. The van der Waals surface area contributed by atoms with E-state index in [1.807, 2.05) is 30.3 Å². The molecule has 1 aliphatic heterocycles. The Balaban J connectivity index is 1.55. The van der Waals surface area contributed by atoms with Crippen molar-refractivity contribution in [2.75, 3.05) is 0 Å². The number of amides is 2. The van der Waals surface area contributed by atoms with Crippen molar-refractivity contribution in [3.8, 4) is 5.75 Å². The molecule has 1 fully saturated rings. The fraction of sp³-hybridized carbons (Fsp3) is 0.286. The van der Waals surface area contributed by atoms with Crippen LogP contribution in [0, 0.1) is 0 Å². The van der Waals surface area contributed by atoms with Gasteiger partial charge in [-0.05, 0) is 29.7 Å². The van der Waals surface area contributed by atoms with E-state index in [1.165, 1.54) is 0 Å². The number of hydrogen-bond donors (Lipinski definition) is 3. The van der Waals surface area contributed by atoms with Gasteiger partial charge in [0.15, 0.2) is 0 Å². The van der Waals surface area contributed by atoms with Crippen molar-refractivity contribution >= 4 is 17.8 Å². The highest BCUT2D eigenvalue weighted by molar-refractivity contribution is 5.92. The van der Waals surface area contributed by atoms with E-state index in [1.54, 1.807) is 24.3 Å². The summed E-state index contributed by atoms with van der Waals surface area (Å²) < 4.78 is 5.72. The number of carboxylic acid groups (broad SMARTS) is 1. The van der Waals surface area contributed by atoms with E-state index in [9.17, 15) is 19.5 Å². The predicted octanol–water partition coefficient (Wildman–Crippen LogP) is 1.66. The summed E-state index contributed by atoms with van der Waals surface area (Å²) in [5.74, 6) is -1.11. The van der Waals surface area contributed by atoms with Crippen LogP contribution in [0.15, 0.2) is 54.6 Å². The van der Waals surface area contributed by atoms with Gasteiger partial charge in [0.05, 0.1) is 0 Å². The van der Waals surface area contributed by atoms with Gasteiger partial charge >= 0.3 is 5.97 Å². The highest BCUT2D eigenvalue weighted by atomic mass is 16.5. The molecule has 1 aliphatic rings. The van der Waals surface area contributed by atoms with Crippen molar-refractivity contribution in [3.05, 3.63) is 65.7 Å². The van der Waals surface area contributed by atoms with E-state index in [0.29, 0.717) is 18.8 Å². The third-order valence-corrected chi connectivity index (χ3v) is 4.54. The molecule has 2 aromatic carbocycles. The summed E-state index contributed by atoms with van der Waals surface area (Å²) in [6, 6.07) is 15.1. The molecule has 3 N–H and O–H groups in total. The minimum Gasteiger partial charge on any atom is -0.489 e. The number of benzene rings is 2. The third kappa shape index (κ3) is 5.33. The Morgan fingerprint density at radius 2 is 1.82 bits per heavy atom. The van der Waals surface area contributed by atoms with Crippen LogP contribution < -0.4 is 15.4 Å². The number of nitrogens with one attached hydrogen (secondary N) is 2. The largest absolute Gasteiger partial charge is 0.489 e. The molecular formula is C21H22N2O5. The second-order valence-corrected chi connectivity index (χ2v) is 6.68. The first-order valence-corrected chi connectivity index (χ1v) is 9.09. The van der Waals surface area contributed by atoms with Crippen LogP contribution in [0.3, 0.4) is 0 Å². The lowest BCUT2D eigenvalue weighted by molar-refractivity contribution is -0.142. The van der Waals surface area contributed by atoms with Crippen LogP contribution in [0.4, 0.5) is 0 Å². The molecule has 2 aromatic rings. The molecular weight excluding hydrogens is 360 g/mol. The number of ether oxygens (including phenoxy) is 1. The SMILES string of the molecule is O=C1CC[C@H](C(=O)N[C@@H](Cc2ccc(OCc3ccccc3)cc2)C(=O)O)N1. The first-order valence-electron chi connectivity index (χ1n) is 9.09. The van der Waals surface area contributed by atoms with Crippen LogP contribution in [0.1, 0.15) is 24.0 Å². The van der Waals surface area contributed by atoms with Crippen LogP contribution in [-0.2, 0) is 27.4 Å². The van der Waals surface area contributed by atoms with E-state index in [-0.39, 0.29) is 18.7 Å². The van der Waals surface area contributed by atoms with E-state index in [2.05, 4.69) is 10.6 Å². The van der Waals surface area contributed by atoms with Crippen molar-refractivity contribution in [2.24, 2.45) is 0 Å². The van der Waals surface area contributed by atoms with Gasteiger partial charge in [0.25, 0.3) is 0 Å². The molecule has 2 amide bonds. The molecule has 0 saturated carbocycles. The lowest BCUT2D eigenvalue weighted by Gasteiger charge is -2.17. The summed E-state index contributed by atoms with van der Waals surface area (Å²) in [5, 5.41) is 14.5. The van der Waals surface area contributed by atoms with Crippen molar-refractivity contribution < 1.29 is 24.2 Å². The summed E-state index contributed by atoms with van der Waals surface area (Å²) in [4.78, 5) is 34.9. The molecule has 28 heavy (non-hydrogen) atoms. The summed E-state index contributed by atoms with van der Waals surface area (Å²) >= 11 is 0. The van der Waals surface area contributed by atoms with Crippen molar-refractivity contribution in [1.82, 2.24) is 10.6 Å². The molecule has 1 heterocycles. The second-order valence-electron chi connectivity index (χ2n) is 6.68. The highest BCUT2D eigenvalue weighted by Gasteiger charge is 2.30. The second kappa shape index (κ2) is 9.03. The molecule has 7 nitrogen and oxygen atoms in total. The summed E-state index contributed by atoms with van der Waals surface area (Å²) in [7, 11) is 0. The van der Waals surface area contributed by atoms with Gasteiger partial charge in [-0.15, -0.1) is 0 Å². The standard InChI is InChI=1S/C21H22N2O5/c24-19-11-10-17(22-19)20(25)23-18(21(26)27)12-14-6-8-16(9-7-14)28-13-15-4-2-1-3-5-15/h1-9,17-18H,10-13H2,(H,22,24)(H,23,25)(H,26,27)/t17-,18+/m1/s1. The van der Waals surface area contributed by atoms with Crippen LogP contribution in [0.25, 0.3) is 0 Å². The number of rotatable bonds is 8. The third-order valence-electron chi connectivity index (χ3n) is 4.54. The average Bonchev–Trinajstić information content (AvgIpc) is 3.14. The zero-order valence-corrected chi connectivity index (χ0v) is 15.3. The molecule has 2 atom stereocenters. The quantitative estimate of drug-likeness (QED) is 0.644. The molecule has 1 saturated heterocycles. The maximum Gasteiger partial charge on any atom is 0.326 e. The molecule has 0 aromatic heterocycles. The number of aliphatic carboxylic acids is 1. The lowest BCUT2D eigenvalue weighted by atomic mass is 10.1. The fourth-order valence-electron chi connectivity index (χ4n) is 2.98. The fourth-order valence-corrected chi connectivity index (χ4v) is 2.98. The van der Waals surface area contributed by atoms with Gasteiger partial charge in [-0.2, -0.15) is 0 Å². The number of carboxylic acids is 1. The van der Waals surface area contributed by atoms with Gasteiger partial charge < -0.3 is 20.5 Å². The lowest BCUT2D eigenvalue weighted by Crippen LogP contribution is -2.49. The van der Waals surface area contributed by atoms with Gasteiger partial charge in [-0.25, -0.2) is 4.79 Å². The first-order chi connectivity index (χ1) is 13.5. The van der Waals surface area contributed by atoms with E-state index >= 15 is 0 Å². The zero-order chi connectivity index (χ0) is 19.9. The van der Waals surface area contributed by atoms with Gasteiger partial charge in [-0.1, -0.05) is 42.5 Å². The Morgan fingerprint density at radius 3 is 2.43 bits per heavy atom. The van der Waals surface area contributed by atoms with Crippen molar-refractivity contribution in [2.45, 2.75) is 38.0 Å². The van der Waals surface area contributed by atoms with Gasteiger partial charge in [0, 0.05) is 12.8 Å². The normalized spacial score (nSPS) is 16.9. The molecule has 146 valence electrons. The van der Waals surface area contributed by atoms with Gasteiger partial charge in [-0.3, -0.25) is 9.59 Å². The molecule has 0 radical (unpaired) electrons. The van der Waals surface area contributed by atoms with E-state index < -0.39 is 24.0 Å². The maximum atomic E-state index is 12.2. The molecule has 0 unspecified atom stereocenters. The van der Waals surface area contributed by atoms with E-state index in [4.69, 9.17) is 4.74 Å². The Morgan fingerprint density at radius 1 is 1.11 bits per heavy atom. The topological polar surface area (TPSA) is 105 Å². The number of carbonyl (C=O) groups is 3. The molecule has 0 spiro atoms. The number of hydrogen-bond acceptors (Lipinski definition) is 4. The minimum absolute atomic E-state index is 0.140. The maximum absolute atomic E-state index is 12.2. The van der Waals surface area contributed by atoms with Gasteiger partial charge in [0.1, 0.15) is 24.4 Å². The molecule has 0 bridgehead atoms. The van der Waals surface area contributed by atoms with Gasteiger partial charge in [0.2, 0.25) is 11.8 Å². The summed E-state index contributed by atoms with van der Waals surface area (Å²) in [5.41, 5.74) is 1.81. The monoisotopic (exact) mass is 382 g/mol. The number of carbonyl (C=O) groups excluding carboxylic acids is 2. The van der Waals surface area contributed by atoms with E-state index in [0.717, 1.165) is 11.1 Å². The van der Waals surface area contributed by atoms with Crippen molar-refractivity contribution in [1.29, 1.82) is 0 Å². The Labute approximate surface area is 162 Å². The summed E-state index contributed by atoms with van der Waals surface area (Å²) in [6.07, 6.45) is 0.797. The molecule has 0 aliphatic carbocycles. The molecule has 7 heteroatoms. The Kier molecular flexibility index (Phi) is 6.26. The predicted molar refractivity (Wildman–Crippen MR) is 102 cm³/mol. The average molecular weight is 382 g/mol.